The fourth-order valence-electron chi connectivity index (χ4n) is 4.07. The van der Waals surface area contributed by atoms with Gasteiger partial charge in [0.25, 0.3) is 5.91 Å². The van der Waals surface area contributed by atoms with Crippen LogP contribution in [0.5, 0.6) is 0 Å². The number of ether oxygens (including phenoxy) is 1. The molecule has 1 saturated carbocycles. The van der Waals surface area contributed by atoms with Gasteiger partial charge in [-0.05, 0) is 41.0 Å². The number of thiazole rings is 1. The van der Waals surface area contributed by atoms with Crippen LogP contribution in [-0.4, -0.2) is 40.8 Å². The van der Waals surface area contributed by atoms with Crippen LogP contribution in [0.3, 0.4) is 0 Å². The lowest BCUT2D eigenvalue weighted by atomic mass is 9.98. The number of hydrogen-bond donors (Lipinski definition) is 3. The number of fused-ring (bicyclic) bond motifs is 3. The van der Waals surface area contributed by atoms with Crippen molar-refractivity contribution in [3.8, 4) is 11.1 Å². The Morgan fingerprint density at radius 1 is 1.06 bits per heavy atom. The van der Waals surface area contributed by atoms with Crippen molar-refractivity contribution < 1.29 is 29.1 Å². The van der Waals surface area contributed by atoms with Crippen LogP contribution in [0.2, 0.25) is 0 Å². The molecule has 9 nitrogen and oxygen atoms in total. The van der Waals surface area contributed by atoms with Gasteiger partial charge in [0.05, 0.1) is 6.20 Å². The van der Waals surface area contributed by atoms with E-state index in [9.17, 15) is 14.4 Å². The van der Waals surface area contributed by atoms with E-state index in [1.165, 1.54) is 6.20 Å². The number of nitrogens with zero attached hydrogens (tertiary/aromatic N) is 1. The lowest BCUT2D eigenvalue weighted by Gasteiger charge is -2.14. The van der Waals surface area contributed by atoms with Gasteiger partial charge in [0.1, 0.15) is 11.5 Å². The van der Waals surface area contributed by atoms with E-state index in [0.29, 0.717) is 0 Å². The number of carboxylic acid groups (broad SMARTS) is 1. The second-order valence-corrected chi connectivity index (χ2v) is 9.16. The van der Waals surface area contributed by atoms with Crippen molar-refractivity contribution in [3.63, 3.8) is 0 Å². The van der Waals surface area contributed by atoms with Crippen LogP contribution in [0.1, 0.15) is 39.6 Å². The van der Waals surface area contributed by atoms with E-state index in [1.807, 2.05) is 36.4 Å². The smallest absolute Gasteiger partial charge is 0.413 e. The van der Waals surface area contributed by atoms with Crippen molar-refractivity contribution in [2.75, 3.05) is 11.9 Å². The van der Waals surface area contributed by atoms with Crippen LogP contribution in [0.25, 0.3) is 11.1 Å². The third-order valence-electron chi connectivity index (χ3n) is 5.85. The predicted octanol–water partition coefficient (Wildman–Crippen LogP) is 4.03. The Balaban J connectivity index is 1.16. The molecule has 3 N–H and O–H groups in total. The Hall–Kier alpha value is -3.76. The number of rotatable bonds is 8. The highest BCUT2D eigenvalue weighted by Crippen LogP contribution is 2.44. The van der Waals surface area contributed by atoms with Crippen molar-refractivity contribution in [2.45, 2.75) is 24.9 Å². The summed E-state index contributed by atoms with van der Waals surface area (Å²) in [5, 5.41) is 11.9. The molecule has 10 heteroatoms. The number of amides is 2. The first-order valence-electron chi connectivity index (χ1n) is 10.8. The predicted molar refractivity (Wildman–Crippen MR) is 124 cm³/mol. The highest BCUT2D eigenvalue weighted by molar-refractivity contribution is 7.17. The minimum atomic E-state index is -1.12. The number of aromatic nitrogens is 1. The monoisotopic (exact) mass is 479 g/mol. The van der Waals surface area contributed by atoms with Crippen LogP contribution in [-0.2, 0) is 14.4 Å². The second-order valence-electron chi connectivity index (χ2n) is 8.13. The van der Waals surface area contributed by atoms with E-state index < -0.39 is 24.1 Å². The van der Waals surface area contributed by atoms with Crippen molar-refractivity contribution in [1.29, 1.82) is 0 Å². The normalized spacial score (nSPS) is 15.2. The highest BCUT2D eigenvalue weighted by atomic mass is 32.1. The molecule has 3 aromatic rings. The molecule has 2 aliphatic rings. The summed E-state index contributed by atoms with van der Waals surface area (Å²) in [6, 6.07) is 16.1. The van der Waals surface area contributed by atoms with Crippen LogP contribution in [0, 0.1) is 5.92 Å². The molecule has 0 aliphatic heterocycles. The molecule has 1 unspecified atom stereocenters. The van der Waals surface area contributed by atoms with Gasteiger partial charge in [0, 0.05) is 5.92 Å². The molecule has 1 fully saturated rings. The Morgan fingerprint density at radius 3 is 2.32 bits per heavy atom. The zero-order chi connectivity index (χ0) is 23.7. The molecule has 2 aliphatic carbocycles. The Bertz CT molecular complexity index is 1210. The topological polar surface area (TPSA) is 127 Å². The van der Waals surface area contributed by atoms with Gasteiger partial charge in [0.15, 0.2) is 11.2 Å². The number of carbonyl (C=O) groups is 3. The second kappa shape index (κ2) is 9.24. The van der Waals surface area contributed by atoms with Crippen LogP contribution < -0.4 is 10.8 Å². The van der Waals surface area contributed by atoms with Gasteiger partial charge in [-0.25, -0.2) is 20.1 Å². The summed E-state index contributed by atoms with van der Waals surface area (Å²) < 4.78 is 5.48. The molecule has 5 rings (SSSR count). The molecule has 1 atom stereocenters. The minimum Gasteiger partial charge on any atom is -0.479 e. The van der Waals surface area contributed by atoms with Crippen molar-refractivity contribution in [3.05, 3.63) is 70.7 Å². The van der Waals surface area contributed by atoms with Gasteiger partial charge < -0.3 is 9.84 Å². The quantitative estimate of drug-likeness (QED) is 0.416. The molecule has 2 aromatic carbocycles. The number of carboxylic acids is 1. The standard InChI is InChI=1S/C24H21N3O6S/c28-21(27-33-20(22(29)30)13-9-10-13)19-11-25-23(34-19)26-24(31)32-12-18-16-7-3-1-5-14(16)15-6-2-4-8-17(15)18/h1-8,11,13,18,20H,9-10,12H2,(H,27,28)(H,29,30)(H,25,26,31). The maximum Gasteiger partial charge on any atom is 0.413 e. The molecule has 0 saturated heterocycles. The average molecular weight is 480 g/mol. The molecular formula is C24H21N3O6S. The third-order valence-corrected chi connectivity index (χ3v) is 6.77. The first-order valence-corrected chi connectivity index (χ1v) is 11.6. The van der Waals surface area contributed by atoms with Gasteiger partial charge in [-0.2, -0.15) is 0 Å². The van der Waals surface area contributed by atoms with Gasteiger partial charge in [-0.15, -0.1) is 0 Å². The summed E-state index contributed by atoms with van der Waals surface area (Å²) in [5.41, 5.74) is 6.64. The molecule has 1 aromatic heterocycles. The Kier molecular flexibility index (Phi) is 5.99. The summed E-state index contributed by atoms with van der Waals surface area (Å²) in [5.74, 6) is -1.92. The van der Waals surface area contributed by atoms with Crippen molar-refractivity contribution in [2.24, 2.45) is 5.92 Å². The van der Waals surface area contributed by atoms with Gasteiger partial charge in [-0.3, -0.25) is 14.9 Å². The zero-order valence-electron chi connectivity index (χ0n) is 17.9. The van der Waals surface area contributed by atoms with E-state index in [-0.39, 0.29) is 28.5 Å². The molecule has 0 bridgehead atoms. The fraction of sp³-hybridized carbons (Fsp3) is 0.250. The van der Waals surface area contributed by atoms with E-state index in [0.717, 1.165) is 46.4 Å². The average Bonchev–Trinajstić information content (AvgIpc) is 3.47. The van der Waals surface area contributed by atoms with Gasteiger partial charge in [-0.1, -0.05) is 59.9 Å². The number of anilines is 1. The van der Waals surface area contributed by atoms with Crippen molar-refractivity contribution >= 4 is 34.4 Å². The molecular weight excluding hydrogens is 458 g/mol. The maximum atomic E-state index is 12.4. The van der Waals surface area contributed by atoms with Crippen LogP contribution >= 0.6 is 11.3 Å². The molecule has 174 valence electrons. The number of hydrogen-bond acceptors (Lipinski definition) is 7. The van der Waals surface area contributed by atoms with Gasteiger partial charge in [0.2, 0.25) is 0 Å². The highest BCUT2D eigenvalue weighted by Gasteiger charge is 2.38. The third kappa shape index (κ3) is 4.50. The SMILES string of the molecule is O=C(Nc1ncc(C(=O)NOC(C(=O)O)C2CC2)s1)OCC1c2ccccc2-c2ccccc21. The van der Waals surface area contributed by atoms with E-state index >= 15 is 0 Å². The zero-order valence-corrected chi connectivity index (χ0v) is 18.7. The number of aliphatic carboxylic acids is 1. The van der Waals surface area contributed by atoms with Gasteiger partial charge >= 0.3 is 12.1 Å². The number of hydroxylamine groups is 1. The van der Waals surface area contributed by atoms with Crippen LogP contribution in [0.15, 0.2) is 54.7 Å². The molecule has 0 radical (unpaired) electrons. The van der Waals surface area contributed by atoms with E-state index in [4.69, 9.17) is 14.7 Å². The first-order chi connectivity index (χ1) is 16.5. The van der Waals surface area contributed by atoms with Crippen LogP contribution in [0.4, 0.5) is 9.93 Å². The Labute approximate surface area is 198 Å². The largest absolute Gasteiger partial charge is 0.479 e. The number of nitrogens with one attached hydrogen (secondary N) is 2. The Morgan fingerprint density at radius 2 is 1.71 bits per heavy atom. The molecule has 0 spiro atoms. The number of benzene rings is 2. The van der Waals surface area contributed by atoms with E-state index in [2.05, 4.69) is 27.9 Å². The fourth-order valence-corrected chi connectivity index (χ4v) is 4.76. The summed E-state index contributed by atoms with van der Waals surface area (Å²) in [6.45, 7) is 0.157. The molecule has 1 heterocycles. The first kappa shape index (κ1) is 22.1. The summed E-state index contributed by atoms with van der Waals surface area (Å²) in [7, 11) is 0. The van der Waals surface area contributed by atoms with E-state index in [1.54, 1.807) is 0 Å². The molecule has 34 heavy (non-hydrogen) atoms. The molecule has 2 amide bonds. The minimum absolute atomic E-state index is 0.0680. The summed E-state index contributed by atoms with van der Waals surface area (Å²) >= 11 is 0.926. The lowest BCUT2D eigenvalue weighted by Crippen LogP contribution is -2.35. The summed E-state index contributed by atoms with van der Waals surface area (Å²) in [4.78, 5) is 45.1. The number of carbonyl (C=O) groups excluding carboxylic acids is 2. The summed E-state index contributed by atoms with van der Waals surface area (Å²) in [6.07, 6.45) is 1.02. The maximum absolute atomic E-state index is 12.4. The van der Waals surface area contributed by atoms with Crippen molar-refractivity contribution in [1.82, 2.24) is 10.5 Å². The lowest BCUT2D eigenvalue weighted by molar-refractivity contribution is -0.155.